The average Bonchev–Trinajstić information content (AvgIpc) is 2.59. The van der Waals surface area contributed by atoms with Gasteiger partial charge in [-0.05, 0) is 44.5 Å². The highest BCUT2D eigenvalue weighted by atomic mass is 16.5. The van der Waals surface area contributed by atoms with Crippen LogP contribution in [0.15, 0.2) is 48.5 Å². The first-order valence-electron chi connectivity index (χ1n) is 8.40. The topological polar surface area (TPSA) is 56.8 Å². The molecular weight excluding hydrogens is 318 g/mol. The molecule has 0 bridgehead atoms. The molecule has 0 aromatic heterocycles. The molecule has 0 heterocycles. The number of hydrogen-bond donors (Lipinski definition) is 1. The summed E-state index contributed by atoms with van der Waals surface area (Å²) in [6, 6.07) is 14.6. The Kier molecular flexibility index (Phi) is 6.69. The Labute approximate surface area is 148 Å². The van der Waals surface area contributed by atoms with Gasteiger partial charge in [0.1, 0.15) is 5.75 Å². The minimum atomic E-state index is -0.619. The predicted octanol–water partition coefficient (Wildman–Crippen LogP) is 4.28. The summed E-state index contributed by atoms with van der Waals surface area (Å²) in [5.41, 5.74) is 0.672. The third-order valence-corrected chi connectivity index (χ3v) is 3.47. The molecule has 0 radical (unpaired) electrons. The molecule has 0 aliphatic carbocycles. The molecular formula is C20H25NO4. The average molecular weight is 343 g/mol. The van der Waals surface area contributed by atoms with Gasteiger partial charge in [-0.25, -0.2) is 0 Å². The number of anilines is 1. The lowest BCUT2D eigenvalue weighted by atomic mass is 10.2. The maximum atomic E-state index is 12.6. The number of nitrogens with one attached hydrogen (secondary N) is 1. The Balaban J connectivity index is 2.07. The van der Waals surface area contributed by atoms with E-state index >= 15 is 0 Å². The normalized spacial score (nSPS) is 11.7. The zero-order chi connectivity index (χ0) is 18.2. The summed E-state index contributed by atoms with van der Waals surface area (Å²) in [5, 5.41) is 2.88. The van der Waals surface area contributed by atoms with Gasteiger partial charge in [0.2, 0.25) is 0 Å². The van der Waals surface area contributed by atoms with Gasteiger partial charge < -0.3 is 19.5 Å². The largest absolute Gasteiger partial charge is 0.493 e. The summed E-state index contributed by atoms with van der Waals surface area (Å²) in [4.78, 5) is 12.6. The van der Waals surface area contributed by atoms with Gasteiger partial charge in [-0.15, -0.1) is 0 Å². The molecule has 0 unspecified atom stereocenters. The number of carbonyl (C=O) groups excluding carboxylic acids is 1. The number of hydrogen-bond acceptors (Lipinski definition) is 4. The lowest BCUT2D eigenvalue weighted by molar-refractivity contribution is -0.122. The fourth-order valence-electron chi connectivity index (χ4n) is 2.33. The van der Waals surface area contributed by atoms with Crippen molar-refractivity contribution in [1.82, 2.24) is 0 Å². The molecule has 2 aromatic rings. The van der Waals surface area contributed by atoms with Crippen molar-refractivity contribution in [1.29, 1.82) is 0 Å². The molecule has 0 fully saturated rings. The number of amides is 1. The van der Waals surface area contributed by atoms with Crippen LogP contribution in [0.2, 0.25) is 0 Å². The van der Waals surface area contributed by atoms with Crippen LogP contribution < -0.4 is 19.5 Å². The van der Waals surface area contributed by atoms with E-state index in [0.717, 1.165) is 0 Å². The van der Waals surface area contributed by atoms with Crippen molar-refractivity contribution in [3.8, 4) is 17.2 Å². The summed E-state index contributed by atoms with van der Waals surface area (Å²) in [7, 11) is 1.57. The van der Waals surface area contributed by atoms with Gasteiger partial charge in [-0.3, -0.25) is 4.79 Å². The Bertz CT molecular complexity index is 700. The maximum absolute atomic E-state index is 12.6. The highest BCUT2D eigenvalue weighted by Crippen LogP contribution is 2.27. The number of carbonyl (C=O) groups is 1. The van der Waals surface area contributed by atoms with E-state index in [9.17, 15) is 4.79 Å². The molecule has 5 nitrogen and oxygen atoms in total. The second kappa shape index (κ2) is 8.97. The van der Waals surface area contributed by atoms with Crippen molar-refractivity contribution in [2.75, 3.05) is 12.4 Å². The molecule has 0 aliphatic heterocycles. The van der Waals surface area contributed by atoms with E-state index in [-0.39, 0.29) is 12.0 Å². The summed E-state index contributed by atoms with van der Waals surface area (Å²) < 4.78 is 16.8. The molecule has 1 N–H and O–H groups in total. The number of para-hydroxylation sites is 2. The van der Waals surface area contributed by atoms with Gasteiger partial charge in [0.15, 0.2) is 17.6 Å². The van der Waals surface area contributed by atoms with Crippen LogP contribution in [0.1, 0.15) is 27.2 Å². The van der Waals surface area contributed by atoms with Crippen molar-refractivity contribution in [3.63, 3.8) is 0 Å². The minimum Gasteiger partial charge on any atom is -0.493 e. The third-order valence-electron chi connectivity index (χ3n) is 3.47. The number of methoxy groups -OCH3 is 1. The Morgan fingerprint density at radius 1 is 1.04 bits per heavy atom. The zero-order valence-corrected chi connectivity index (χ0v) is 15.1. The molecule has 1 amide bonds. The summed E-state index contributed by atoms with van der Waals surface area (Å²) in [6.45, 7) is 5.82. The van der Waals surface area contributed by atoms with Crippen LogP contribution in [-0.2, 0) is 4.79 Å². The lowest BCUT2D eigenvalue weighted by Gasteiger charge is -2.19. The second-order valence-corrected chi connectivity index (χ2v) is 5.85. The van der Waals surface area contributed by atoms with E-state index in [1.165, 1.54) is 0 Å². The van der Waals surface area contributed by atoms with Crippen LogP contribution in [0.3, 0.4) is 0 Å². The van der Waals surface area contributed by atoms with Crippen LogP contribution in [0, 0.1) is 0 Å². The standard InChI is InChI=1S/C20H25NO4/c1-5-17(25-19-12-7-6-11-18(19)23-4)20(22)21-15-9-8-10-16(13-15)24-14(2)3/h6-14,17H,5H2,1-4H3,(H,21,22)/t17-/m0/s1. The minimum absolute atomic E-state index is 0.0724. The van der Waals surface area contributed by atoms with Crippen LogP contribution >= 0.6 is 0 Å². The fourth-order valence-corrected chi connectivity index (χ4v) is 2.33. The molecule has 134 valence electrons. The van der Waals surface area contributed by atoms with Crippen molar-refractivity contribution < 1.29 is 19.0 Å². The van der Waals surface area contributed by atoms with Crippen LogP contribution in [0.4, 0.5) is 5.69 Å². The van der Waals surface area contributed by atoms with Gasteiger partial charge in [0, 0.05) is 11.8 Å². The van der Waals surface area contributed by atoms with Crippen LogP contribution in [-0.4, -0.2) is 25.2 Å². The van der Waals surface area contributed by atoms with Gasteiger partial charge in [-0.2, -0.15) is 0 Å². The molecule has 5 heteroatoms. The molecule has 0 aliphatic rings. The third kappa shape index (κ3) is 5.41. The van der Waals surface area contributed by atoms with E-state index < -0.39 is 6.10 Å². The Morgan fingerprint density at radius 3 is 2.40 bits per heavy atom. The molecule has 2 aromatic carbocycles. The van der Waals surface area contributed by atoms with E-state index in [1.807, 2.05) is 51.1 Å². The maximum Gasteiger partial charge on any atom is 0.265 e. The highest BCUT2D eigenvalue weighted by Gasteiger charge is 2.20. The van der Waals surface area contributed by atoms with E-state index in [4.69, 9.17) is 14.2 Å². The fraction of sp³-hybridized carbons (Fsp3) is 0.350. The first-order chi connectivity index (χ1) is 12.0. The molecule has 0 saturated heterocycles. The quantitative estimate of drug-likeness (QED) is 0.777. The van der Waals surface area contributed by atoms with Crippen LogP contribution in [0.5, 0.6) is 17.2 Å². The highest BCUT2D eigenvalue weighted by molar-refractivity contribution is 5.94. The van der Waals surface area contributed by atoms with Crippen LogP contribution in [0.25, 0.3) is 0 Å². The van der Waals surface area contributed by atoms with Crippen molar-refractivity contribution in [3.05, 3.63) is 48.5 Å². The monoisotopic (exact) mass is 343 g/mol. The summed E-state index contributed by atoms with van der Waals surface area (Å²) in [6.07, 6.45) is -0.0132. The number of benzene rings is 2. The van der Waals surface area contributed by atoms with E-state index in [0.29, 0.717) is 29.4 Å². The molecule has 2 rings (SSSR count). The van der Waals surface area contributed by atoms with Crippen molar-refractivity contribution in [2.24, 2.45) is 0 Å². The van der Waals surface area contributed by atoms with Crippen molar-refractivity contribution >= 4 is 11.6 Å². The van der Waals surface area contributed by atoms with Gasteiger partial charge >= 0.3 is 0 Å². The molecule has 0 spiro atoms. The predicted molar refractivity (Wildman–Crippen MR) is 98.5 cm³/mol. The first-order valence-corrected chi connectivity index (χ1v) is 8.40. The van der Waals surface area contributed by atoms with Gasteiger partial charge in [0.25, 0.3) is 5.91 Å². The molecule has 25 heavy (non-hydrogen) atoms. The van der Waals surface area contributed by atoms with E-state index in [2.05, 4.69) is 5.32 Å². The second-order valence-electron chi connectivity index (χ2n) is 5.85. The number of ether oxygens (including phenoxy) is 3. The first kappa shape index (κ1) is 18.6. The smallest absolute Gasteiger partial charge is 0.265 e. The zero-order valence-electron chi connectivity index (χ0n) is 15.1. The molecule has 1 atom stereocenters. The Morgan fingerprint density at radius 2 is 1.76 bits per heavy atom. The van der Waals surface area contributed by atoms with Gasteiger partial charge in [0.05, 0.1) is 13.2 Å². The van der Waals surface area contributed by atoms with E-state index in [1.54, 1.807) is 25.3 Å². The number of rotatable bonds is 8. The Hall–Kier alpha value is -2.69. The molecule has 0 saturated carbocycles. The van der Waals surface area contributed by atoms with Gasteiger partial charge in [-0.1, -0.05) is 25.1 Å². The summed E-state index contributed by atoms with van der Waals surface area (Å²) in [5.74, 6) is 1.64. The van der Waals surface area contributed by atoms with Crippen molar-refractivity contribution in [2.45, 2.75) is 39.4 Å². The lowest BCUT2D eigenvalue weighted by Crippen LogP contribution is -2.32. The summed E-state index contributed by atoms with van der Waals surface area (Å²) >= 11 is 0. The SMILES string of the molecule is CC[C@H](Oc1ccccc1OC)C(=O)Nc1cccc(OC(C)C)c1.